The Hall–Kier alpha value is -3.22. The number of hydrogen-bond donors (Lipinski definition) is 0. The van der Waals surface area contributed by atoms with Crippen LogP contribution in [0.15, 0.2) is 34.7 Å². The van der Waals surface area contributed by atoms with Crippen LogP contribution in [0.1, 0.15) is 37.0 Å². The molecule has 0 saturated carbocycles. The van der Waals surface area contributed by atoms with E-state index in [1.807, 2.05) is 20.8 Å². The Morgan fingerprint density at radius 2 is 1.61 bits per heavy atom. The second-order valence-electron chi connectivity index (χ2n) is 5.85. The fraction of sp³-hybridized carbons (Fsp3) is 0.333. The molecule has 3 aromatic rings. The Kier molecular flexibility index (Phi) is 6.03. The molecule has 0 radical (unpaired) electrons. The highest BCUT2D eigenvalue weighted by Gasteiger charge is 2.20. The Balaban J connectivity index is 1.92. The van der Waals surface area contributed by atoms with Crippen molar-refractivity contribution in [2.75, 3.05) is 19.8 Å². The van der Waals surface area contributed by atoms with E-state index < -0.39 is 5.97 Å². The van der Waals surface area contributed by atoms with Gasteiger partial charge in [-0.2, -0.15) is 0 Å². The minimum absolute atomic E-state index is 0.296. The van der Waals surface area contributed by atoms with Crippen molar-refractivity contribution < 1.29 is 28.2 Å². The van der Waals surface area contributed by atoms with E-state index in [0.717, 1.165) is 0 Å². The van der Waals surface area contributed by atoms with Crippen LogP contribution in [0.25, 0.3) is 11.1 Å². The maximum Gasteiger partial charge on any atom is 0.343 e. The zero-order valence-electron chi connectivity index (χ0n) is 16.4. The molecule has 0 unspecified atom stereocenters. The standard InChI is InChI=1S/C21H23NO6/c1-5-24-18-10-14(11-19(25-6-2)20(18)26-7-3)21(23)28-15-8-9-16-17(12-15)27-13(4)22-16/h8-12H,5-7H2,1-4H3. The van der Waals surface area contributed by atoms with E-state index in [-0.39, 0.29) is 0 Å². The van der Waals surface area contributed by atoms with Gasteiger partial charge < -0.3 is 23.4 Å². The molecule has 7 heteroatoms. The van der Waals surface area contributed by atoms with Gasteiger partial charge in [0.05, 0.1) is 25.4 Å². The van der Waals surface area contributed by atoms with Crippen LogP contribution in [0.3, 0.4) is 0 Å². The number of esters is 1. The minimum atomic E-state index is -0.541. The number of aromatic nitrogens is 1. The fourth-order valence-corrected chi connectivity index (χ4v) is 2.76. The van der Waals surface area contributed by atoms with Gasteiger partial charge in [0.1, 0.15) is 11.3 Å². The second-order valence-corrected chi connectivity index (χ2v) is 5.85. The van der Waals surface area contributed by atoms with Gasteiger partial charge in [0.25, 0.3) is 0 Å². The van der Waals surface area contributed by atoms with Crippen molar-refractivity contribution in [1.82, 2.24) is 4.98 Å². The number of rotatable bonds is 8. The molecule has 7 nitrogen and oxygen atoms in total. The van der Waals surface area contributed by atoms with E-state index in [1.165, 1.54) is 0 Å². The van der Waals surface area contributed by atoms with Gasteiger partial charge in [0, 0.05) is 13.0 Å². The first-order valence-electron chi connectivity index (χ1n) is 9.21. The first-order chi connectivity index (χ1) is 13.5. The highest BCUT2D eigenvalue weighted by Crippen LogP contribution is 2.39. The molecule has 0 aliphatic rings. The molecule has 0 atom stereocenters. The molecule has 1 aromatic heterocycles. The van der Waals surface area contributed by atoms with Gasteiger partial charge in [-0.25, -0.2) is 9.78 Å². The molecule has 2 aromatic carbocycles. The molecule has 3 rings (SSSR count). The fourth-order valence-electron chi connectivity index (χ4n) is 2.76. The van der Waals surface area contributed by atoms with Gasteiger partial charge >= 0.3 is 5.97 Å². The van der Waals surface area contributed by atoms with Crippen molar-refractivity contribution in [2.24, 2.45) is 0 Å². The maximum atomic E-state index is 12.7. The predicted molar refractivity (Wildman–Crippen MR) is 104 cm³/mol. The summed E-state index contributed by atoms with van der Waals surface area (Å²) in [6, 6.07) is 8.23. The third-order valence-corrected chi connectivity index (χ3v) is 3.82. The number of nitrogens with zero attached hydrogens (tertiary/aromatic N) is 1. The van der Waals surface area contributed by atoms with Crippen molar-refractivity contribution in [2.45, 2.75) is 27.7 Å². The molecule has 0 aliphatic heterocycles. The first kappa shape index (κ1) is 19.5. The monoisotopic (exact) mass is 385 g/mol. The Morgan fingerprint density at radius 1 is 0.964 bits per heavy atom. The van der Waals surface area contributed by atoms with Crippen LogP contribution in [-0.2, 0) is 0 Å². The van der Waals surface area contributed by atoms with E-state index in [0.29, 0.717) is 65.4 Å². The molecular weight excluding hydrogens is 362 g/mol. The van der Waals surface area contributed by atoms with Crippen LogP contribution < -0.4 is 18.9 Å². The van der Waals surface area contributed by atoms with Gasteiger partial charge in [0.15, 0.2) is 23.0 Å². The number of fused-ring (bicyclic) bond motifs is 1. The third-order valence-electron chi connectivity index (χ3n) is 3.82. The zero-order chi connectivity index (χ0) is 20.1. The van der Waals surface area contributed by atoms with E-state index in [4.69, 9.17) is 23.4 Å². The topological polar surface area (TPSA) is 80.0 Å². The molecule has 0 amide bonds. The highest BCUT2D eigenvalue weighted by molar-refractivity contribution is 5.93. The summed E-state index contributed by atoms with van der Waals surface area (Å²) in [5.41, 5.74) is 1.55. The van der Waals surface area contributed by atoms with Gasteiger partial charge in [-0.15, -0.1) is 0 Å². The molecule has 0 bridgehead atoms. The summed E-state index contributed by atoms with van der Waals surface area (Å²) >= 11 is 0. The van der Waals surface area contributed by atoms with Crippen molar-refractivity contribution in [3.05, 3.63) is 41.8 Å². The predicted octanol–water partition coefficient (Wildman–Crippen LogP) is 4.55. The van der Waals surface area contributed by atoms with Crippen molar-refractivity contribution in [3.8, 4) is 23.0 Å². The van der Waals surface area contributed by atoms with Crippen LogP contribution in [-0.4, -0.2) is 30.8 Å². The van der Waals surface area contributed by atoms with Crippen LogP contribution in [0.2, 0.25) is 0 Å². The van der Waals surface area contributed by atoms with Crippen LogP contribution in [0.4, 0.5) is 0 Å². The molecule has 0 fully saturated rings. The van der Waals surface area contributed by atoms with Crippen LogP contribution in [0, 0.1) is 6.92 Å². The van der Waals surface area contributed by atoms with E-state index in [1.54, 1.807) is 37.3 Å². The van der Waals surface area contributed by atoms with E-state index >= 15 is 0 Å². The van der Waals surface area contributed by atoms with Gasteiger partial charge in [0.2, 0.25) is 5.75 Å². The lowest BCUT2D eigenvalue weighted by Gasteiger charge is -2.16. The Morgan fingerprint density at radius 3 is 2.21 bits per heavy atom. The number of aryl methyl sites for hydroxylation is 1. The SMILES string of the molecule is CCOc1cc(C(=O)Oc2ccc3nc(C)oc3c2)cc(OCC)c1OCC. The average molecular weight is 385 g/mol. The van der Waals surface area contributed by atoms with Crippen molar-refractivity contribution >= 4 is 17.1 Å². The average Bonchev–Trinajstić information content (AvgIpc) is 3.03. The molecule has 28 heavy (non-hydrogen) atoms. The largest absolute Gasteiger partial charge is 0.490 e. The Labute approximate surface area is 163 Å². The van der Waals surface area contributed by atoms with Crippen molar-refractivity contribution in [1.29, 1.82) is 0 Å². The smallest absolute Gasteiger partial charge is 0.343 e. The highest BCUT2D eigenvalue weighted by atomic mass is 16.5. The summed E-state index contributed by atoms with van der Waals surface area (Å²) in [5.74, 6) is 1.71. The molecular formula is C21H23NO6. The number of carbonyl (C=O) groups excluding carboxylic acids is 1. The number of carbonyl (C=O) groups is 1. The van der Waals surface area contributed by atoms with E-state index in [9.17, 15) is 4.79 Å². The van der Waals surface area contributed by atoms with E-state index in [2.05, 4.69) is 4.98 Å². The summed E-state index contributed by atoms with van der Waals surface area (Å²) < 4.78 is 27.9. The molecule has 0 N–H and O–H groups in total. The lowest BCUT2D eigenvalue weighted by molar-refractivity contribution is 0.0733. The number of hydrogen-bond acceptors (Lipinski definition) is 7. The molecule has 0 spiro atoms. The zero-order valence-corrected chi connectivity index (χ0v) is 16.4. The number of oxazole rings is 1. The lowest BCUT2D eigenvalue weighted by Crippen LogP contribution is -2.11. The second kappa shape index (κ2) is 8.65. The summed E-state index contributed by atoms with van der Waals surface area (Å²) in [5, 5.41) is 0. The third kappa shape index (κ3) is 4.19. The summed E-state index contributed by atoms with van der Waals surface area (Å²) in [7, 11) is 0. The normalized spacial score (nSPS) is 10.7. The minimum Gasteiger partial charge on any atom is -0.490 e. The number of ether oxygens (including phenoxy) is 4. The maximum absolute atomic E-state index is 12.7. The number of benzene rings is 2. The quantitative estimate of drug-likeness (QED) is 0.416. The molecule has 148 valence electrons. The van der Waals surface area contributed by atoms with Gasteiger partial charge in [-0.1, -0.05) is 0 Å². The van der Waals surface area contributed by atoms with Gasteiger partial charge in [-0.05, 0) is 45.0 Å². The first-order valence-corrected chi connectivity index (χ1v) is 9.21. The summed E-state index contributed by atoms with van der Waals surface area (Å²) in [6.07, 6.45) is 0. The van der Waals surface area contributed by atoms with Gasteiger partial charge in [-0.3, -0.25) is 0 Å². The van der Waals surface area contributed by atoms with Crippen molar-refractivity contribution in [3.63, 3.8) is 0 Å². The molecule has 0 aliphatic carbocycles. The van der Waals surface area contributed by atoms with Crippen LogP contribution in [0.5, 0.6) is 23.0 Å². The van der Waals surface area contributed by atoms with Crippen LogP contribution >= 0.6 is 0 Å². The summed E-state index contributed by atoms with van der Waals surface area (Å²) in [4.78, 5) is 16.9. The molecule has 0 saturated heterocycles. The Bertz CT molecular complexity index is 951. The summed E-state index contributed by atoms with van der Waals surface area (Å²) in [6.45, 7) is 8.63. The lowest BCUT2D eigenvalue weighted by atomic mass is 10.1. The molecule has 1 heterocycles.